The molecular weight excluding hydrogens is 675 g/mol. The fourth-order valence-corrected chi connectivity index (χ4v) is 9.30. The highest BCUT2D eigenvalue weighted by atomic mass is 35.5. The number of para-hydroxylation sites is 1. The molecule has 8 aromatic rings. The Morgan fingerprint density at radius 3 is 1.46 bits per heavy atom. The molecule has 0 bridgehead atoms. The normalized spacial score (nSPS) is 14.7. The smallest absolute Gasteiger partial charge is 0.0471 e. The van der Waals surface area contributed by atoms with Crippen LogP contribution in [0, 0.1) is 0 Å². The molecule has 2 aliphatic carbocycles. The lowest BCUT2D eigenvalue weighted by Crippen LogP contribution is -2.18. The molecule has 0 radical (unpaired) electrons. The zero-order valence-electron chi connectivity index (χ0n) is 29.5. The molecule has 0 fully saturated rings. The second kappa shape index (κ2) is 11.1. The van der Waals surface area contributed by atoms with Crippen molar-refractivity contribution in [3.8, 4) is 33.4 Å². The van der Waals surface area contributed by atoms with E-state index in [2.05, 4.69) is 165 Å². The van der Waals surface area contributed by atoms with E-state index >= 15 is 0 Å². The minimum atomic E-state index is -0.191. The number of aromatic amines is 1. The molecule has 0 saturated heterocycles. The molecule has 7 aromatic carbocycles. The Balaban J connectivity index is 1.11. The molecule has 10 rings (SSSR count). The van der Waals surface area contributed by atoms with Gasteiger partial charge >= 0.3 is 0 Å². The first-order valence-electron chi connectivity index (χ1n) is 17.9. The summed E-state index contributed by atoms with van der Waals surface area (Å²) in [6, 6.07) is 50.7. The Kier molecular flexibility index (Phi) is 6.72. The first kappa shape index (κ1) is 31.5. The summed E-state index contributed by atoms with van der Waals surface area (Å²) in [7, 11) is 0. The predicted molar refractivity (Wildman–Crippen MR) is 221 cm³/mol. The summed E-state index contributed by atoms with van der Waals surface area (Å²) in [5.41, 5.74) is 17.8. The van der Waals surface area contributed by atoms with Gasteiger partial charge in [-0.3, -0.25) is 0 Å². The van der Waals surface area contributed by atoms with Gasteiger partial charge in [-0.25, -0.2) is 0 Å². The van der Waals surface area contributed by atoms with Crippen LogP contribution >= 0.6 is 23.2 Å². The van der Waals surface area contributed by atoms with Gasteiger partial charge in [-0.05, 0) is 128 Å². The summed E-state index contributed by atoms with van der Waals surface area (Å²) in [6.45, 7) is 9.23. The summed E-state index contributed by atoms with van der Waals surface area (Å²) in [6.07, 6.45) is 0. The van der Waals surface area contributed by atoms with E-state index < -0.39 is 0 Å². The van der Waals surface area contributed by atoms with Crippen molar-refractivity contribution in [1.29, 1.82) is 0 Å². The van der Waals surface area contributed by atoms with Crippen LogP contribution in [0.15, 0.2) is 140 Å². The average molecular weight is 712 g/mol. The van der Waals surface area contributed by atoms with E-state index in [0.717, 1.165) is 38.1 Å². The standard InChI is InChI=1S/C48H36Cl2N2/c1-47(2)41-24-30(49)12-19-35(41)37-21-16-33(26-43(37)47)52(34-17-22-38-36-20-13-31(50)25-42(36)48(3,4)44(38)27-34)32-14-9-28(10-15-32)29-11-18-40-39-7-5-6-8-45(39)51-46(40)23-29/h5-27,51H,1-4H3. The highest BCUT2D eigenvalue weighted by Gasteiger charge is 2.38. The first-order chi connectivity index (χ1) is 25.1. The van der Waals surface area contributed by atoms with Gasteiger partial charge < -0.3 is 9.88 Å². The molecule has 52 heavy (non-hydrogen) atoms. The maximum Gasteiger partial charge on any atom is 0.0471 e. The maximum atomic E-state index is 6.53. The molecule has 0 unspecified atom stereocenters. The van der Waals surface area contributed by atoms with Crippen LogP contribution in [0.3, 0.4) is 0 Å². The van der Waals surface area contributed by atoms with E-state index in [1.165, 1.54) is 66.4 Å². The predicted octanol–water partition coefficient (Wildman–Crippen LogP) is 14.4. The quantitative estimate of drug-likeness (QED) is 0.193. The van der Waals surface area contributed by atoms with Gasteiger partial charge in [-0.15, -0.1) is 0 Å². The Labute approximate surface area is 314 Å². The lowest BCUT2D eigenvalue weighted by atomic mass is 9.82. The van der Waals surface area contributed by atoms with Crippen molar-refractivity contribution in [1.82, 2.24) is 4.98 Å². The van der Waals surface area contributed by atoms with Crippen molar-refractivity contribution in [3.05, 3.63) is 172 Å². The molecule has 0 amide bonds. The fourth-order valence-electron chi connectivity index (χ4n) is 8.96. The number of H-pyrrole nitrogens is 1. The summed E-state index contributed by atoms with van der Waals surface area (Å²) >= 11 is 13.1. The van der Waals surface area contributed by atoms with Crippen LogP contribution in [0.4, 0.5) is 17.1 Å². The van der Waals surface area contributed by atoms with E-state index in [9.17, 15) is 0 Å². The van der Waals surface area contributed by atoms with Crippen LogP contribution in [-0.4, -0.2) is 4.98 Å². The molecule has 2 aliphatic rings. The first-order valence-corrected chi connectivity index (χ1v) is 18.6. The average Bonchev–Trinajstić information content (AvgIpc) is 3.71. The summed E-state index contributed by atoms with van der Waals surface area (Å²) in [5, 5.41) is 4.04. The Bertz CT molecular complexity index is 2660. The Hall–Kier alpha value is -5.28. The molecule has 252 valence electrons. The zero-order valence-corrected chi connectivity index (χ0v) is 31.0. The molecule has 0 atom stereocenters. The molecule has 1 heterocycles. The third-order valence-corrected chi connectivity index (χ3v) is 12.2. The van der Waals surface area contributed by atoms with E-state index in [1.54, 1.807) is 0 Å². The molecule has 4 heteroatoms. The maximum absolute atomic E-state index is 6.53. The van der Waals surface area contributed by atoms with Gasteiger partial charge in [-0.2, -0.15) is 0 Å². The van der Waals surface area contributed by atoms with Gasteiger partial charge in [0.1, 0.15) is 0 Å². The van der Waals surface area contributed by atoms with Gasteiger partial charge in [0.05, 0.1) is 0 Å². The number of hydrogen-bond donors (Lipinski definition) is 1. The number of rotatable bonds is 4. The number of aromatic nitrogens is 1. The molecule has 0 spiro atoms. The second-order valence-corrected chi connectivity index (χ2v) is 16.3. The Morgan fingerprint density at radius 1 is 0.423 bits per heavy atom. The summed E-state index contributed by atoms with van der Waals surface area (Å²) in [4.78, 5) is 6.02. The highest BCUT2D eigenvalue weighted by Crippen LogP contribution is 2.53. The van der Waals surface area contributed by atoms with Crippen LogP contribution in [0.25, 0.3) is 55.2 Å². The number of benzene rings is 7. The summed E-state index contributed by atoms with van der Waals surface area (Å²) in [5.74, 6) is 0. The van der Waals surface area contributed by atoms with Crippen molar-refractivity contribution >= 4 is 62.1 Å². The summed E-state index contributed by atoms with van der Waals surface area (Å²) < 4.78 is 0. The number of nitrogens with one attached hydrogen (secondary N) is 1. The molecule has 0 aliphatic heterocycles. The minimum absolute atomic E-state index is 0.191. The van der Waals surface area contributed by atoms with Crippen LogP contribution in [0.2, 0.25) is 10.0 Å². The van der Waals surface area contributed by atoms with E-state index in [4.69, 9.17) is 23.2 Å². The molecular formula is C48H36Cl2N2. The number of anilines is 3. The van der Waals surface area contributed by atoms with Crippen molar-refractivity contribution in [2.24, 2.45) is 0 Å². The van der Waals surface area contributed by atoms with E-state index in [0.29, 0.717) is 0 Å². The SMILES string of the molecule is CC1(C)c2cc(Cl)ccc2-c2ccc(N(c3ccc(-c4ccc5c(c4)[nH]c4ccccc45)cc3)c3ccc4c(c3)C(C)(C)c3cc(Cl)ccc3-4)cc21. The van der Waals surface area contributed by atoms with Gasteiger partial charge in [0.2, 0.25) is 0 Å². The van der Waals surface area contributed by atoms with E-state index in [-0.39, 0.29) is 10.8 Å². The number of fused-ring (bicyclic) bond motifs is 9. The lowest BCUT2D eigenvalue weighted by Gasteiger charge is -2.30. The topological polar surface area (TPSA) is 19.0 Å². The molecule has 1 aromatic heterocycles. The molecule has 1 N–H and O–H groups in total. The van der Waals surface area contributed by atoms with Gasteiger partial charge in [-0.1, -0.05) is 118 Å². The number of hydrogen-bond acceptors (Lipinski definition) is 1. The monoisotopic (exact) mass is 710 g/mol. The van der Waals surface area contributed by atoms with E-state index in [1.807, 2.05) is 12.1 Å². The zero-order chi connectivity index (χ0) is 35.5. The second-order valence-electron chi connectivity index (χ2n) is 15.4. The molecule has 0 saturated carbocycles. The van der Waals surface area contributed by atoms with Gasteiger partial charge in [0.25, 0.3) is 0 Å². The number of halogens is 2. The third-order valence-electron chi connectivity index (χ3n) is 11.7. The van der Waals surface area contributed by atoms with Crippen molar-refractivity contribution in [3.63, 3.8) is 0 Å². The van der Waals surface area contributed by atoms with Crippen LogP contribution in [-0.2, 0) is 10.8 Å². The number of nitrogens with zero attached hydrogens (tertiary/aromatic N) is 1. The van der Waals surface area contributed by atoms with Crippen LogP contribution < -0.4 is 4.90 Å². The van der Waals surface area contributed by atoms with Gasteiger partial charge in [0, 0.05) is 59.7 Å². The van der Waals surface area contributed by atoms with Crippen molar-refractivity contribution < 1.29 is 0 Å². The van der Waals surface area contributed by atoms with Crippen LogP contribution in [0.5, 0.6) is 0 Å². The highest BCUT2D eigenvalue weighted by molar-refractivity contribution is 6.31. The largest absolute Gasteiger partial charge is 0.354 e. The van der Waals surface area contributed by atoms with Crippen molar-refractivity contribution in [2.75, 3.05) is 4.90 Å². The minimum Gasteiger partial charge on any atom is -0.354 e. The van der Waals surface area contributed by atoms with Crippen molar-refractivity contribution in [2.45, 2.75) is 38.5 Å². The third kappa shape index (κ3) is 4.57. The Morgan fingerprint density at radius 2 is 0.885 bits per heavy atom. The van der Waals surface area contributed by atoms with Gasteiger partial charge in [0.15, 0.2) is 0 Å². The fraction of sp³-hybridized carbons (Fsp3) is 0.125. The van der Waals surface area contributed by atoms with Crippen LogP contribution in [0.1, 0.15) is 49.9 Å². The lowest BCUT2D eigenvalue weighted by molar-refractivity contribution is 0.660. The molecule has 2 nitrogen and oxygen atoms in total.